The van der Waals surface area contributed by atoms with Crippen molar-refractivity contribution in [3.05, 3.63) is 63.9 Å². The highest BCUT2D eigenvalue weighted by molar-refractivity contribution is 6.31. The van der Waals surface area contributed by atoms with E-state index in [4.69, 9.17) is 16.3 Å². The maximum Gasteiger partial charge on any atom is 0.339 e. The number of pyridine rings is 1. The van der Waals surface area contributed by atoms with Gasteiger partial charge in [0.15, 0.2) is 0 Å². The van der Waals surface area contributed by atoms with Crippen molar-refractivity contribution in [2.75, 3.05) is 13.7 Å². The van der Waals surface area contributed by atoms with Crippen LogP contribution in [0.1, 0.15) is 81.6 Å². The summed E-state index contributed by atoms with van der Waals surface area (Å²) in [5.74, 6) is -0.418. The largest absolute Gasteiger partial charge is 0.465 e. The van der Waals surface area contributed by atoms with E-state index in [0.29, 0.717) is 16.3 Å². The van der Waals surface area contributed by atoms with E-state index < -0.39 is 11.4 Å². The number of aliphatic hydroxyl groups excluding tert-OH is 1. The Morgan fingerprint density at radius 2 is 1.80 bits per heavy atom. The molecule has 0 fully saturated rings. The van der Waals surface area contributed by atoms with Gasteiger partial charge in [0.2, 0.25) is 0 Å². The second kappa shape index (κ2) is 12.1. The quantitative estimate of drug-likeness (QED) is 0.369. The number of rotatable bonds is 11. The monoisotopic (exact) mass is 501 g/mol. The number of benzene rings is 1. The summed E-state index contributed by atoms with van der Waals surface area (Å²) in [6, 6.07) is 9.39. The van der Waals surface area contributed by atoms with Crippen LogP contribution in [0.5, 0.6) is 0 Å². The van der Waals surface area contributed by atoms with Crippen LogP contribution >= 0.6 is 11.6 Å². The Morgan fingerprint density at radius 3 is 2.29 bits per heavy atom. The molecule has 6 heteroatoms. The third-order valence-electron chi connectivity index (χ3n) is 6.87. The lowest BCUT2D eigenvalue weighted by molar-refractivity contribution is -0.120. The predicted octanol–water partition coefficient (Wildman–Crippen LogP) is 6.22. The topological polar surface area (TPSA) is 76.5 Å². The Labute approximate surface area is 215 Å². The van der Waals surface area contributed by atoms with E-state index in [2.05, 4.69) is 51.7 Å². The van der Waals surface area contributed by atoms with E-state index in [9.17, 15) is 14.7 Å². The Hall–Kier alpha value is -2.24. The van der Waals surface area contributed by atoms with Crippen LogP contribution < -0.4 is 0 Å². The van der Waals surface area contributed by atoms with Crippen molar-refractivity contribution in [3.8, 4) is 0 Å². The first kappa shape index (κ1) is 29.0. The molecular formula is C29H40ClNO4. The molecule has 0 aliphatic heterocycles. The van der Waals surface area contributed by atoms with E-state index in [1.165, 1.54) is 13.3 Å². The summed E-state index contributed by atoms with van der Waals surface area (Å²) in [5, 5.41) is 11.0. The molecular weight excluding hydrogens is 462 g/mol. The first-order valence-corrected chi connectivity index (χ1v) is 12.6. The molecule has 0 spiro atoms. The van der Waals surface area contributed by atoms with E-state index in [1.54, 1.807) is 12.1 Å². The van der Waals surface area contributed by atoms with Crippen molar-refractivity contribution in [2.24, 2.45) is 17.3 Å². The zero-order valence-corrected chi connectivity index (χ0v) is 22.9. The summed E-state index contributed by atoms with van der Waals surface area (Å²) in [4.78, 5) is 29.1. The standard InChI is InChI=1S/C29H40ClNO4/c1-19(2)25(18-32)29(6,22-10-8-20(26(30)14-22)12-13-28(3,4)5)16-24(33)15-23-11-9-21(17-31-23)27(34)35-7/h8-11,14,17,19,25,32H,12-13,15-16,18H2,1-7H3/t25?,29-/m0/s1. The van der Waals surface area contributed by atoms with Crippen molar-refractivity contribution in [3.63, 3.8) is 0 Å². The minimum Gasteiger partial charge on any atom is -0.465 e. The van der Waals surface area contributed by atoms with Gasteiger partial charge in [0.25, 0.3) is 0 Å². The van der Waals surface area contributed by atoms with Gasteiger partial charge in [0, 0.05) is 41.8 Å². The fourth-order valence-electron chi connectivity index (χ4n) is 4.65. The van der Waals surface area contributed by atoms with Crippen molar-refractivity contribution in [1.29, 1.82) is 0 Å². The maximum absolute atomic E-state index is 13.2. The summed E-state index contributed by atoms with van der Waals surface area (Å²) in [6.07, 6.45) is 3.72. The Balaban J connectivity index is 2.31. The molecule has 35 heavy (non-hydrogen) atoms. The zero-order valence-electron chi connectivity index (χ0n) is 22.2. The number of esters is 1. The molecule has 0 aliphatic rings. The average molecular weight is 502 g/mol. The van der Waals surface area contributed by atoms with Gasteiger partial charge < -0.3 is 9.84 Å². The minimum atomic E-state index is -0.599. The molecule has 1 heterocycles. The van der Waals surface area contributed by atoms with Gasteiger partial charge in [-0.2, -0.15) is 0 Å². The smallest absolute Gasteiger partial charge is 0.339 e. The van der Waals surface area contributed by atoms with Crippen LogP contribution in [0.15, 0.2) is 36.5 Å². The molecule has 192 valence electrons. The molecule has 1 aromatic heterocycles. The van der Waals surface area contributed by atoms with Gasteiger partial charge in [-0.1, -0.05) is 65.3 Å². The van der Waals surface area contributed by atoms with Gasteiger partial charge in [-0.05, 0) is 59.4 Å². The van der Waals surface area contributed by atoms with E-state index >= 15 is 0 Å². The first-order chi connectivity index (χ1) is 16.3. The zero-order chi connectivity index (χ0) is 26.4. The summed E-state index contributed by atoms with van der Waals surface area (Å²) >= 11 is 6.72. The number of ether oxygens (including phenoxy) is 1. The number of halogens is 1. The predicted molar refractivity (Wildman–Crippen MR) is 141 cm³/mol. The van der Waals surface area contributed by atoms with Crippen molar-refractivity contribution < 1.29 is 19.4 Å². The van der Waals surface area contributed by atoms with Crippen LogP contribution in [0.2, 0.25) is 5.02 Å². The summed E-state index contributed by atoms with van der Waals surface area (Å²) in [5.41, 5.74) is 2.60. The number of Topliss-reactive ketones (excluding diaryl/α,β-unsaturated/α-hetero) is 1. The molecule has 1 unspecified atom stereocenters. The van der Waals surface area contributed by atoms with Gasteiger partial charge in [-0.15, -0.1) is 0 Å². The van der Waals surface area contributed by atoms with Crippen LogP contribution in [0, 0.1) is 17.3 Å². The Kier molecular flexibility index (Phi) is 10.1. The van der Waals surface area contributed by atoms with Gasteiger partial charge in [-0.3, -0.25) is 9.78 Å². The molecule has 0 bridgehead atoms. The number of hydrogen-bond donors (Lipinski definition) is 1. The van der Waals surface area contributed by atoms with Crippen molar-refractivity contribution in [1.82, 2.24) is 4.98 Å². The number of methoxy groups -OCH3 is 1. The number of carbonyl (C=O) groups is 2. The number of aryl methyl sites for hydroxylation is 1. The molecule has 0 radical (unpaired) electrons. The van der Waals surface area contributed by atoms with Gasteiger partial charge in [0.1, 0.15) is 5.78 Å². The van der Waals surface area contributed by atoms with E-state index in [-0.39, 0.29) is 42.5 Å². The second-order valence-corrected chi connectivity index (χ2v) is 11.6. The van der Waals surface area contributed by atoms with Gasteiger partial charge >= 0.3 is 5.97 Å². The third kappa shape index (κ3) is 7.88. The number of nitrogens with zero attached hydrogens (tertiary/aromatic N) is 1. The maximum atomic E-state index is 13.2. The first-order valence-electron chi connectivity index (χ1n) is 12.3. The van der Waals surface area contributed by atoms with Crippen LogP contribution in [0.25, 0.3) is 0 Å². The van der Waals surface area contributed by atoms with Crippen LogP contribution in [0.4, 0.5) is 0 Å². The fraction of sp³-hybridized carbons (Fsp3) is 0.552. The molecule has 0 aliphatic carbocycles. The summed E-state index contributed by atoms with van der Waals surface area (Å²) in [7, 11) is 1.32. The third-order valence-corrected chi connectivity index (χ3v) is 7.22. The second-order valence-electron chi connectivity index (χ2n) is 11.2. The number of hydrogen-bond acceptors (Lipinski definition) is 5. The highest BCUT2D eigenvalue weighted by atomic mass is 35.5. The molecule has 0 saturated carbocycles. The number of aromatic nitrogens is 1. The Morgan fingerprint density at radius 1 is 1.11 bits per heavy atom. The number of ketones is 1. The van der Waals surface area contributed by atoms with Crippen LogP contribution in [-0.4, -0.2) is 35.6 Å². The molecule has 2 atom stereocenters. The molecule has 1 N–H and O–H groups in total. The highest BCUT2D eigenvalue weighted by Crippen LogP contribution is 2.41. The highest BCUT2D eigenvalue weighted by Gasteiger charge is 2.39. The van der Waals surface area contributed by atoms with Crippen molar-refractivity contribution >= 4 is 23.4 Å². The lowest BCUT2D eigenvalue weighted by atomic mass is 9.64. The average Bonchev–Trinajstić information content (AvgIpc) is 2.77. The van der Waals surface area contributed by atoms with E-state index in [1.807, 2.05) is 13.0 Å². The lowest BCUT2D eigenvalue weighted by Gasteiger charge is -2.40. The molecule has 2 rings (SSSR count). The summed E-state index contributed by atoms with van der Waals surface area (Å²) < 4.78 is 4.70. The molecule has 0 saturated heterocycles. The fourth-order valence-corrected chi connectivity index (χ4v) is 4.93. The Bertz CT molecular complexity index is 1010. The van der Waals surface area contributed by atoms with Crippen LogP contribution in [0.3, 0.4) is 0 Å². The van der Waals surface area contributed by atoms with Crippen LogP contribution in [-0.2, 0) is 27.8 Å². The molecule has 0 amide bonds. The SMILES string of the molecule is COC(=O)c1ccc(CC(=O)C[C@@](C)(c2ccc(CCC(C)(C)C)c(Cl)c2)C(CO)C(C)C)nc1. The molecule has 1 aromatic carbocycles. The molecule has 2 aromatic rings. The molecule has 5 nitrogen and oxygen atoms in total. The van der Waals surface area contributed by atoms with Gasteiger partial charge in [-0.25, -0.2) is 4.79 Å². The number of aliphatic hydroxyl groups is 1. The van der Waals surface area contributed by atoms with Gasteiger partial charge in [0.05, 0.1) is 12.7 Å². The minimum absolute atomic E-state index is 0.0119. The number of carbonyl (C=O) groups excluding carboxylic acids is 2. The summed E-state index contributed by atoms with van der Waals surface area (Å²) in [6.45, 7) is 12.8. The van der Waals surface area contributed by atoms with E-state index in [0.717, 1.165) is 24.0 Å². The lowest BCUT2D eigenvalue weighted by Crippen LogP contribution is -2.40. The normalized spacial score (nSPS) is 14.5. The van der Waals surface area contributed by atoms with Crippen molar-refractivity contribution in [2.45, 2.75) is 72.6 Å².